The van der Waals surface area contributed by atoms with Crippen LogP contribution < -0.4 is 5.32 Å². The summed E-state index contributed by atoms with van der Waals surface area (Å²) < 4.78 is 13.1. The average Bonchev–Trinajstić information content (AvgIpc) is 2.37. The van der Waals surface area contributed by atoms with Crippen molar-refractivity contribution < 1.29 is 9.18 Å². The summed E-state index contributed by atoms with van der Waals surface area (Å²) in [4.78, 5) is 11.6. The fourth-order valence-corrected chi connectivity index (χ4v) is 1.71. The van der Waals surface area contributed by atoms with Gasteiger partial charge in [-0.15, -0.1) is 0 Å². The fourth-order valence-electron chi connectivity index (χ4n) is 1.71. The molecule has 0 saturated heterocycles. The van der Waals surface area contributed by atoms with Crippen molar-refractivity contribution in [2.45, 2.75) is 32.6 Å². The molecule has 102 valence electrons. The van der Waals surface area contributed by atoms with E-state index in [4.69, 9.17) is 5.26 Å². The SMILES string of the molecule is CC(C)CNC(=O)CCC(C#N)c1cccc(F)c1. The van der Waals surface area contributed by atoms with Crippen LogP contribution in [0.3, 0.4) is 0 Å². The Bertz CT molecular complexity index is 465. The Morgan fingerprint density at radius 3 is 2.79 bits per heavy atom. The zero-order valence-electron chi connectivity index (χ0n) is 11.3. The number of carbonyl (C=O) groups excluding carboxylic acids is 1. The zero-order valence-corrected chi connectivity index (χ0v) is 11.3. The van der Waals surface area contributed by atoms with Crippen LogP contribution in [-0.2, 0) is 4.79 Å². The molecular formula is C15H19FN2O. The minimum atomic E-state index is -0.444. The molecule has 0 aliphatic rings. The highest BCUT2D eigenvalue weighted by molar-refractivity contribution is 5.75. The number of amides is 1. The summed E-state index contributed by atoms with van der Waals surface area (Å²) in [5, 5.41) is 11.9. The van der Waals surface area contributed by atoms with Gasteiger partial charge in [0.25, 0.3) is 0 Å². The van der Waals surface area contributed by atoms with Crippen molar-refractivity contribution in [2.24, 2.45) is 5.92 Å². The number of nitrogens with one attached hydrogen (secondary N) is 1. The van der Waals surface area contributed by atoms with Crippen LogP contribution in [0.1, 0.15) is 38.2 Å². The molecule has 1 unspecified atom stereocenters. The maximum Gasteiger partial charge on any atom is 0.220 e. The lowest BCUT2D eigenvalue weighted by Gasteiger charge is -2.11. The number of hydrogen-bond acceptors (Lipinski definition) is 2. The van der Waals surface area contributed by atoms with Crippen LogP contribution in [0.5, 0.6) is 0 Å². The van der Waals surface area contributed by atoms with E-state index in [-0.39, 0.29) is 18.1 Å². The Balaban J connectivity index is 2.50. The molecule has 0 saturated carbocycles. The normalized spacial score (nSPS) is 11.9. The fraction of sp³-hybridized carbons (Fsp3) is 0.467. The zero-order chi connectivity index (χ0) is 14.3. The monoisotopic (exact) mass is 262 g/mol. The topological polar surface area (TPSA) is 52.9 Å². The van der Waals surface area contributed by atoms with Crippen LogP contribution in [0.4, 0.5) is 4.39 Å². The van der Waals surface area contributed by atoms with Crippen molar-refractivity contribution in [3.63, 3.8) is 0 Å². The molecule has 3 nitrogen and oxygen atoms in total. The molecule has 19 heavy (non-hydrogen) atoms. The van der Waals surface area contributed by atoms with E-state index >= 15 is 0 Å². The van der Waals surface area contributed by atoms with Crippen molar-refractivity contribution in [3.05, 3.63) is 35.6 Å². The van der Waals surface area contributed by atoms with Gasteiger partial charge in [0.15, 0.2) is 0 Å². The lowest BCUT2D eigenvalue weighted by Crippen LogP contribution is -2.27. The Hall–Kier alpha value is -1.89. The lowest BCUT2D eigenvalue weighted by molar-refractivity contribution is -0.121. The van der Waals surface area contributed by atoms with Gasteiger partial charge in [0.2, 0.25) is 5.91 Å². The van der Waals surface area contributed by atoms with Gasteiger partial charge in [0, 0.05) is 13.0 Å². The Kier molecular flexibility index (Phi) is 6.01. The largest absolute Gasteiger partial charge is 0.356 e. The molecule has 1 aromatic carbocycles. The summed E-state index contributed by atoms with van der Waals surface area (Å²) in [5.74, 6) is -0.466. The third kappa shape index (κ3) is 5.52. The second-order valence-electron chi connectivity index (χ2n) is 4.97. The minimum absolute atomic E-state index is 0.0645. The van der Waals surface area contributed by atoms with Crippen molar-refractivity contribution in [2.75, 3.05) is 6.54 Å². The van der Waals surface area contributed by atoms with Crippen LogP contribution in [0.15, 0.2) is 24.3 Å². The molecular weight excluding hydrogens is 243 g/mol. The average molecular weight is 262 g/mol. The van der Waals surface area contributed by atoms with Gasteiger partial charge in [-0.1, -0.05) is 26.0 Å². The summed E-state index contributed by atoms with van der Waals surface area (Å²) in [6, 6.07) is 8.10. The predicted octanol–water partition coefficient (Wildman–Crippen LogP) is 2.99. The van der Waals surface area contributed by atoms with Crippen LogP contribution in [0.25, 0.3) is 0 Å². The molecule has 0 heterocycles. The van der Waals surface area contributed by atoms with Crippen LogP contribution >= 0.6 is 0 Å². The van der Waals surface area contributed by atoms with Gasteiger partial charge >= 0.3 is 0 Å². The van der Waals surface area contributed by atoms with Gasteiger partial charge in [0.05, 0.1) is 12.0 Å². The summed E-state index contributed by atoms with van der Waals surface area (Å²) in [6.07, 6.45) is 0.686. The summed E-state index contributed by atoms with van der Waals surface area (Å²) in [6.45, 7) is 4.67. The van der Waals surface area contributed by atoms with Crippen molar-refractivity contribution in [1.29, 1.82) is 5.26 Å². The quantitative estimate of drug-likeness (QED) is 0.856. The molecule has 0 aromatic heterocycles. The molecule has 0 fully saturated rings. The third-order valence-corrected chi connectivity index (χ3v) is 2.77. The van der Waals surface area contributed by atoms with Crippen LogP contribution in [-0.4, -0.2) is 12.5 Å². The first kappa shape index (κ1) is 15.2. The molecule has 4 heteroatoms. The van der Waals surface area contributed by atoms with Crippen molar-refractivity contribution in [1.82, 2.24) is 5.32 Å². The van der Waals surface area contributed by atoms with Gasteiger partial charge in [-0.25, -0.2) is 4.39 Å². The highest BCUT2D eigenvalue weighted by atomic mass is 19.1. The number of carbonyl (C=O) groups is 1. The number of rotatable bonds is 6. The van der Waals surface area contributed by atoms with E-state index in [0.717, 1.165) is 0 Å². The van der Waals surface area contributed by atoms with E-state index in [1.165, 1.54) is 12.1 Å². The van der Waals surface area contributed by atoms with Crippen molar-refractivity contribution in [3.8, 4) is 6.07 Å². The summed E-state index contributed by atoms with van der Waals surface area (Å²) in [7, 11) is 0. The van der Waals surface area contributed by atoms with Gasteiger partial charge in [-0.3, -0.25) is 4.79 Å². The summed E-state index contributed by atoms with van der Waals surface area (Å²) in [5.41, 5.74) is 0.624. The van der Waals surface area contributed by atoms with E-state index in [0.29, 0.717) is 24.4 Å². The number of halogens is 1. The van der Waals surface area contributed by atoms with E-state index in [2.05, 4.69) is 11.4 Å². The van der Waals surface area contributed by atoms with Gasteiger partial charge in [0.1, 0.15) is 5.82 Å². The highest BCUT2D eigenvalue weighted by Gasteiger charge is 2.13. The minimum Gasteiger partial charge on any atom is -0.356 e. The molecule has 1 aromatic rings. The lowest BCUT2D eigenvalue weighted by atomic mass is 9.95. The molecule has 0 aliphatic heterocycles. The van der Waals surface area contributed by atoms with E-state index in [9.17, 15) is 9.18 Å². The maximum absolute atomic E-state index is 13.1. The first-order chi connectivity index (χ1) is 9.02. The molecule has 1 amide bonds. The second kappa shape index (κ2) is 7.52. The van der Waals surface area contributed by atoms with Gasteiger partial charge in [-0.05, 0) is 30.0 Å². The Labute approximate surface area is 113 Å². The van der Waals surface area contributed by atoms with Crippen LogP contribution in [0, 0.1) is 23.1 Å². The highest BCUT2D eigenvalue weighted by Crippen LogP contribution is 2.21. The predicted molar refractivity (Wildman–Crippen MR) is 71.8 cm³/mol. The first-order valence-corrected chi connectivity index (χ1v) is 6.44. The van der Waals surface area contributed by atoms with Crippen molar-refractivity contribution >= 4 is 5.91 Å². The van der Waals surface area contributed by atoms with Gasteiger partial charge in [-0.2, -0.15) is 5.26 Å². The standard InChI is InChI=1S/C15H19FN2O/c1-11(2)10-18-15(19)7-6-13(9-17)12-4-3-5-14(16)8-12/h3-5,8,11,13H,6-7,10H2,1-2H3,(H,18,19). The van der Waals surface area contributed by atoms with E-state index in [1.807, 2.05) is 13.8 Å². The van der Waals surface area contributed by atoms with E-state index < -0.39 is 5.92 Å². The molecule has 0 aliphatic carbocycles. The second-order valence-corrected chi connectivity index (χ2v) is 4.97. The number of benzene rings is 1. The maximum atomic E-state index is 13.1. The molecule has 0 bridgehead atoms. The first-order valence-electron chi connectivity index (χ1n) is 6.44. The molecule has 0 radical (unpaired) electrons. The number of nitriles is 1. The Morgan fingerprint density at radius 2 is 2.21 bits per heavy atom. The third-order valence-electron chi connectivity index (χ3n) is 2.77. The van der Waals surface area contributed by atoms with Gasteiger partial charge < -0.3 is 5.32 Å². The molecule has 0 spiro atoms. The summed E-state index contributed by atoms with van der Waals surface area (Å²) >= 11 is 0. The molecule has 1 atom stereocenters. The molecule has 1 rings (SSSR count). The molecule has 1 N–H and O–H groups in total. The number of hydrogen-bond donors (Lipinski definition) is 1. The smallest absolute Gasteiger partial charge is 0.220 e. The van der Waals surface area contributed by atoms with Crippen LogP contribution in [0.2, 0.25) is 0 Å². The number of nitrogens with zero attached hydrogens (tertiary/aromatic N) is 1. The Morgan fingerprint density at radius 1 is 1.47 bits per heavy atom. The van der Waals surface area contributed by atoms with E-state index in [1.54, 1.807) is 12.1 Å².